The fourth-order valence-electron chi connectivity index (χ4n) is 4.39. The molecule has 0 atom stereocenters. The Morgan fingerprint density at radius 3 is 2.51 bits per heavy atom. The van der Waals surface area contributed by atoms with Crippen LogP contribution in [0.1, 0.15) is 19.0 Å². The van der Waals surface area contributed by atoms with Crippen LogP contribution in [-0.2, 0) is 11.2 Å². The van der Waals surface area contributed by atoms with Crippen LogP contribution in [0.15, 0.2) is 84.1 Å². The number of carbonyl (C=O) groups excluding carboxylic acids is 1. The smallest absolute Gasteiger partial charge is 0.225 e. The summed E-state index contributed by atoms with van der Waals surface area (Å²) < 4.78 is 23.8. The summed E-state index contributed by atoms with van der Waals surface area (Å²) >= 11 is 6.48. The summed E-state index contributed by atoms with van der Waals surface area (Å²) in [6, 6.07) is 9.15. The molecule has 1 aliphatic rings. The number of pyridine rings is 2. The fraction of sp³-hybridized carbons (Fsp3) is 0.273. The van der Waals surface area contributed by atoms with Crippen LogP contribution in [0.5, 0.6) is 28.7 Å². The molecule has 236 valence electrons. The monoisotopic (exact) mass is 632 g/mol. The Hall–Kier alpha value is -5.03. The molecule has 1 aromatic carbocycles. The van der Waals surface area contributed by atoms with Gasteiger partial charge in [0.15, 0.2) is 17.2 Å². The third kappa shape index (κ3) is 8.33. The zero-order chi connectivity index (χ0) is 32.3. The molecule has 3 aromatic heterocycles. The molecule has 1 N–H and O–H groups in total. The highest BCUT2D eigenvalue weighted by molar-refractivity contribution is 6.36. The van der Waals surface area contributed by atoms with Gasteiger partial charge in [0.1, 0.15) is 17.2 Å². The Balaban J connectivity index is 0.000000206. The zero-order valence-electron chi connectivity index (χ0n) is 26.2. The van der Waals surface area contributed by atoms with Crippen molar-refractivity contribution >= 4 is 34.1 Å². The van der Waals surface area contributed by atoms with Crippen molar-refractivity contribution in [2.45, 2.75) is 19.8 Å². The first kappa shape index (κ1) is 32.9. The number of likely N-dealkylation sites (N-methyl/N-ethyl adjacent to an activating group) is 2. The van der Waals surface area contributed by atoms with Crippen LogP contribution in [0.3, 0.4) is 0 Å². The van der Waals surface area contributed by atoms with E-state index in [0.29, 0.717) is 46.1 Å². The van der Waals surface area contributed by atoms with Crippen molar-refractivity contribution in [3.05, 3.63) is 89.8 Å². The number of allylic oxidation sites excluding steroid dienone is 5. The number of aromatic nitrogens is 4. The molecule has 0 saturated heterocycles. The summed E-state index contributed by atoms with van der Waals surface area (Å²) in [7, 11) is 8.74. The van der Waals surface area contributed by atoms with Crippen LogP contribution < -0.4 is 24.3 Å². The number of fused-ring (bicyclic) bond motifs is 1. The number of amides is 1. The van der Waals surface area contributed by atoms with Crippen LogP contribution >= 0.6 is 11.6 Å². The van der Waals surface area contributed by atoms with Gasteiger partial charge in [-0.25, -0.2) is 4.68 Å². The second-order valence-electron chi connectivity index (χ2n) is 9.83. The largest absolute Gasteiger partial charge is 0.493 e. The normalized spacial score (nSPS) is 12.5. The molecule has 5 rings (SSSR count). The quantitative estimate of drug-likeness (QED) is 0.231. The van der Waals surface area contributed by atoms with Crippen LogP contribution in [-0.4, -0.2) is 72.5 Å². The molecule has 12 heteroatoms. The summed E-state index contributed by atoms with van der Waals surface area (Å²) in [6.45, 7) is 2.40. The van der Waals surface area contributed by atoms with Gasteiger partial charge in [0, 0.05) is 50.7 Å². The molecule has 4 aromatic rings. The number of rotatable bonds is 10. The van der Waals surface area contributed by atoms with Gasteiger partial charge in [0.25, 0.3) is 0 Å². The van der Waals surface area contributed by atoms with E-state index in [1.165, 1.54) is 0 Å². The van der Waals surface area contributed by atoms with E-state index in [1.807, 2.05) is 62.3 Å². The first-order chi connectivity index (χ1) is 21.8. The van der Waals surface area contributed by atoms with Gasteiger partial charge in [-0.1, -0.05) is 23.8 Å². The lowest BCUT2D eigenvalue weighted by atomic mass is 10.2. The number of ether oxygens (including phenoxy) is 4. The second kappa shape index (κ2) is 15.6. The highest BCUT2D eigenvalue weighted by Crippen LogP contribution is 2.36. The predicted octanol–water partition coefficient (Wildman–Crippen LogP) is 5.82. The number of benzene rings is 1. The number of nitrogens with zero attached hydrogens (tertiary/aromatic N) is 5. The van der Waals surface area contributed by atoms with E-state index in [4.69, 9.17) is 30.5 Å². The summed E-state index contributed by atoms with van der Waals surface area (Å²) in [6.07, 6.45) is 13.7. The van der Waals surface area contributed by atoms with Gasteiger partial charge in [-0.2, -0.15) is 5.10 Å². The Morgan fingerprint density at radius 2 is 1.84 bits per heavy atom. The molecule has 0 radical (unpaired) electrons. The molecule has 1 aliphatic carbocycles. The first-order valence-electron chi connectivity index (χ1n) is 14.2. The van der Waals surface area contributed by atoms with Crippen LogP contribution in [0, 0.1) is 0 Å². The Bertz CT molecular complexity index is 1720. The lowest BCUT2D eigenvalue weighted by molar-refractivity contribution is -0.120. The van der Waals surface area contributed by atoms with Crippen molar-refractivity contribution in [2.75, 3.05) is 42.0 Å². The topological polar surface area (TPSA) is 113 Å². The highest BCUT2D eigenvalue weighted by Gasteiger charge is 2.18. The summed E-state index contributed by atoms with van der Waals surface area (Å²) in [4.78, 5) is 22.1. The minimum absolute atomic E-state index is 0.116. The average molecular weight is 633 g/mol. The Labute approximate surface area is 267 Å². The maximum atomic E-state index is 11.7. The Morgan fingerprint density at radius 1 is 1.07 bits per heavy atom. The number of carbonyl (C=O) groups is 1. The molecular weight excluding hydrogens is 596 g/mol. The molecule has 0 spiro atoms. The molecular formula is C33H37ClN6O5. The molecule has 0 unspecified atom stereocenters. The molecule has 0 saturated carbocycles. The fourth-order valence-corrected chi connectivity index (χ4v) is 4.67. The third-order valence-corrected chi connectivity index (χ3v) is 6.95. The van der Waals surface area contributed by atoms with Gasteiger partial charge in [-0.3, -0.25) is 14.8 Å². The summed E-state index contributed by atoms with van der Waals surface area (Å²) in [5, 5.41) is 8.54. The number of methoxy groups -OCH3 is 2. The molecule has 0 aliphatic heterocycles. The van der Waals surface area contributed by atoms with Gasteiger partial charge in [-0.05, 0) is 43.7 Å². The summed E-state index contributed by atoms with van der Waals surface area (Å²) in [5.74, 6) is 3.10. The molecule has 1 amide bonds. The van der Waals surface area contributed by atoms with E-state index in [9.17, 15) is 4.79 Å². The van der Waals surface area contributed by atoms with Gasteiger partial charge in [0.05, 0.1) is 55.9 Å². The van der Waals surface area contributed by atoms with E-state index in [-0.39, 0.29) is 12.3 Å². The van der Waals surface area contributed by atoms with Gasteiger partial charge in [-0.15, -0.1) is 0 Å². The minimum Gasteiger partial charge on any atom is -0.493 e. The van der Waals surface area contributed by atoms with Crippen LogP contribution in [0.25, 0.3) is 16.6 Å². The standard InChI is InChI=1S/C17H23ClN4O2.C16H14N2O3/c1-5-24-16-11-22(20-14(16)10-17(23)19-2)15-8-6-7-12(21(3)4)9-13(15)18;1-19-15-8-12-13(9-16(15)20-2)18-7-5-14(12)21-11-4-3-6-17-10-11/h7-9,11H,5-6,10H2,1-4H3,(H,19,23);3-10H,1-2H3. The van der Waals surface area contributed by atoms with Gasteiger partial charge < -0.3 is 29.2 Å². The minimum atomic E-state index is -0.116. The van der Waals surface area contributed by atoms with Crippen LogP contribution in [0.2, 0.25) is 0 Å². The number of hydrogen-bond donors (Lipinski definition) is 1. The third-order valence-electron chi connectivity index (χ3n) is 6.65. The zero-order valence-corrected chi connectivity index (χ0v) is 27.0. The van der Waals surface area contributed by atoms with Crippen molar-refractivity contribution < 1.29 is 23.7 Å². The first-order valence-corrected chi connectivity index (χ1v) is 14.6. The summed E-state index contributed by atoms with van der Waals surface area (Å²) in [5.41, 5.74) is 3.17. The van der Waals surface area contributed by atoms with E-state index in [1.54, 1.807) is 56.8 Å². The van der Waals surface area contributed by atoms with Crippen molar-refractivity contribution in [2.24, 2.45) is 0 Å². The van der Waals surface area contributed by atoms with Crippen molar-refractivity contribution in [1.29, 1.82) is 0 Å². The van der Waals surface area contributed by atoms with Crippen molar-refractivity contribution in [1.82, 2.24) is 30.0 Å². The van der Waals surface area contributed by atoms with Crippen LogP contribution in [0.4, 0.5) is 0 Å². The maximum Gasteiger partial charge on any atom is 0.225 e. The highest BCUT2D eigenvalue weighted by atomic mass is 35.5. The predicted molar refractivity (Wildman–Crippen MR) is 175 cm³/mol. The lowest BCUT2D eigenvalue weighted by Gasteiger charge is -2.13. The van der Waals surface area contributed by atoms with Crippen molar-refractivity contribution in [3.63, 3.8) is 0 Å². The van der Waals surface area contributed by atoms with E-state index in [0.717, 1.165) is 28.7 Å². The molecule has 45 heavy (non-hydrogen) atoms. The molecule has 3 heterocycles. The second-order valence-corrected chi connectivity index (χ2v) is 10.2. The average Bonchev–Trinajstić information content (AvgIpc) is 3.31. The maximum absolute atomic E-state index is 11.7. The van der Waals surface area contributed by atoms with Gasteiger partial charge in [0.2, 0.25) is 5.91 Å². The lowest BCUT2D eigenvalue weighted by Crippen LogP contribution is -2.20. The SMILES string of the molecule is CCOc1cn(C2=CCC=C(N(C)C)C=C2Cl)nc1CC(=O)NC.COc1cc2nccc(Oc3cccnc3)c2cc1OC. The molecule has 0 bridgehead atoms. The number of halogens is 1. The molecule has 11 nitrogen and oxygen atoms in total. The van der Waals surface area contributed by atoms with Crippen molar-refractivity contribution in [3.8, 4) is 28.7 Å². The van der Waals surface area contributed by atoms with E-state index < -0.39 is 0 Å². The molecule has 0 fully saturated rings. The number of nitrogens with one attached hydrogen (secondary N) is 1. The number of hydrogen-bond acceptors (Lipinski definition) is 9. The Kier molecular flexibility index (Phi) is 11.4. The van der Waals surface area contributed by atoms with Gasteiger partial charge >= 0.3 is 0 Å². The van der Waals surface area contributed by atoms with E-state index in [2.05, 4.69) is 26.5 Å². The van der Waals surface area contributed by atoms with E-state index >= 15 is 0 Å².